The molecular formula is C5H16N4. The van der Waals surface area contributed by atoms with Gasteiger partial charge >= 0.3 is 0 Å². The minimum absolute atomic E-state index is 0.185. The van der Waals surface area contributed by atoms with Crippen molar-refractivity contribution in [3.63, 3.8) is 0 Å². The Morgan fingerprint density at radius 2 is 1.89 bits per heavy atom. The second kappa shape index (κ2) is 4.69. The molecular weight excluding hydrogens is 116 g/mol. The maximum Gasteiger partial charge on any atom is 0.0436 e. The fraction of sp³-hybridized carbons (Fsp3) is 1.00. The van der Waals surface area contributed by atoms with Gasteiger partial charge < -0.3 is 5.73 Å². The lowest BCUT2D eigenvalue weighted by Gasteiger charge is -2.20. The van der Waals surface area contributed by atoms with Gasteiger partial charge in [-0.15, -0.1) is 0 Å². The van der Waals surface area contributed by atoms with Crippen LogP contribution in [-0.2, 0) is 0 Å². The highest BCUT2D eigenvalue weighted by atomic mass is 15.7. The second-order valence-electron chi connectivity index (χ2n) is 2.04. The molecule has 0 rings (SSSR count). The molecule has 56 valence electrons. The zero-order chi connectivity index (χ0) is 7.28. The Balaban J connectivity index is 3.31. The Morgan fingerprint density at radius 1 is 1.44 bits per heavy atom. The smallest absolute Gasteiger partial charge is 0.0436 e. The van der Waals surface area contributed by atoms with Crippen molar-refractivity contribution < 1.29 is 0 Å². The third-order valence-electron chi connectivity index (χ3n) is 1.01. The molecule has 0 aliphatic rings. The average Bonchev–Trinajstić information content (AvgIpc) is 1.82. The molecule has 0 aromatic heterocycles. The lowest BCUT2D eigenvalue weighted by Crippen LogP contribution is -2.49. The maximum absolute atomic E-state index is 5.52. The molecule has 0 heterocycles. The van der Waals surface area contributed by atoms with Crippen molar-refractivity contribution in [3.05, 3.63) is 0 Å². The predicted molar refractivity (Wildman–Crippen MR) is 38.5 cm³/mol. The lowest BCUT2D eigenvalue weighted by molar-refractivity contribution is 0.138. The van der Waals surface area contributed by atoms with Crippen LogP contribution in [0.15, 0.2) is 0 Å². The first-order valence-electron chi connectivity index (χ1n) is 3.08. The van der Waals surface area contributed by atoms with Gasteiger partial charge in [0, 0.05) is 26.7 Å². The minimum atomic E-state index is 0.185. The van der Waals surface area contributed by atoms with Crippen LogP contribution in [0, 0.1) is 0 Å². The molecule has 0 aromatic carbocycles. The van der Waals surface area contributed by atoms with Gasteiger partial charge in [0.1, 0.15) is 0 Å². The highest BCUT2D eigenvalue weighted by Gasteiger charge is 1.99. The standard InChI is InChI=1S/C5H16N4/c1-5(6)4-9(7-2)8-3/h5,7-8H,4,6H2,1-3H3. The zero-order valence-electron chi connectivity index (χ0n) is 6.31. The summed E-state index contributed by atoms with van der Waals surface area (Å²) in [6, 6.07) is 0.185. The van der Waals surface area contributed by atoms with Crippen LogP contribution < -0.4 is 16.6 Å². The summed E-state index contributed by atoms with van der Waals surface area (Å²) in [5.74, 6) is 0. The van der Waals surface area contributed by atoms with Crippen molar-refractivity contribution in [3.8, 4) is 0 Å². The van der Waals surface area contributed by atoms with Crippen LogP contribution in [0.2, 0.25) is 0 Å². The van der Waals surface area contributed by atoms with Crippen LogP contribution in [0.5, 0.6) is 0 Å². The molecule has 0 aliphatic heterocycles. The van der Waals surface area contributed by atoms with E-state index >= 15 is 0 Å². The number of nitrogens with two attached hydrogens (primary N) is 1. The summed E-state index contributed by atoms with van der Waals surface area (Å²) in [5, 5.41) is 1.82. The van der Waals surface area contributed by atoms with Gasteiger partial charge in [0.05, 0.1) is 0 Å². The van der Waals surface area contributed by atoms with E-state index in [9.17, 15) is 0 Å². The number of hydrogen-bond acceptors (Lipinski definition) is 4. The van der Waals surface area contributed by atoms with Gasteiger partial charge in [0.15, 0.2) is 0 Å². The summed E-state index contributed by atoms with van der Waals surface area (Å²) < 4.78 is 0. The normalized spacial score (nSPS) is 14.3. The Hall–Kier alpha value is -0.160. The van der Waals surface area contributed by atoms with E-state index in [2.05, 4.69) is 10.9 Å². The first-order chi connectivity index (χ1) is 4.20. The third kappa shape index (κ3) is 4.35. The molecule has 0 fully saturated rings. The van der Waals surface area contributed by atoms with Crippen molar-refractivity contribution in [2.75, 3.05) is 20.6 Å². The number of hydrazine groups is 2. The van der Waals surface area contributed by atoms with Gasteiger partial charge in [-0.25, -0.2) is 10.9 Å². The molecule has 0 bridgehead atoms. The van der Waals surface area contributed by atoms with E-state index in [1.807, 2.05) is 26.1 Å². The molecule has 4 nitrogen and oxygen atoms in total. The summed E-state index contributed by atoms with van der Waals surface area (Å²) in [7, 11) is 3.69. The first kappa shape index (κ1) is 8.84. The van der Waals surface area contributed by atoms with E-state index in [0.29, 0.717) is 0 Å². The van der Waals surface area contributed by atoms with Crippen molar-refractivity contribution >= 4 is 0 Å². The van der Waals surface area contributed by atoms with E-state index in [1.165, 1.54) is 0 Å². The molecule has 9 heavy (non-hydrogen) atoms. The Morgan fingerprint density at radius 3 is 2.00 bits per heavy atom. The molecule has 0 aliphatic carbocycles. The van der Waals surface area contributed by atoms with Crippen molar-refractivity contribution in [2.24, 2.45) is 5.73 Å². The summed E-state index contributed by atoms with van der Waals surface area (Å²) in [6.45, 7) is 2.76. The number of rotatable bonds is 4. The van der Waals surface area contributed by atoms with E-state index in [-0.39, 0.29) is 6.04 Å². The van der Waals surface area contributed by atoms with E-state index in [1.54, 1.807) is 0 Å². The highest BCUT2D eigenvalue weighted by Crippen LogP contribution is 1.76. The van der Waals surface area contributed by atoms with Crippen molar-refractivity contribution in [1.82, 2.24) is 16.0 Å². The van der Waals surface area contributed by atoms with Crippen molar-refractivity contribution in [1.29, 1.82) is 0 Å². The van der Waals surface area contributed by atoms with Gasteiger partial charge in [-0.2, -0.15) is 5.12 Å². The fourth-order valence-corrected chi connectivity index (χ4v) is 0.582. The molecule has 0 aromatic rings. The van der Waals surface area contributed by atoms with Crippen LogP contribution >= 0.6 is 0 Å². The fourth-order valence-electron chi connectivity index (χ4n) is 0.582. The lowest BCUT2D eigenvalue weighted by atomic mass is 10.4. The average molecular weight is 132 g/mol. The van der Waals surface area contributed by atoms with E-state index in [4.69, 9.17) is 5.73 Å². The molecule has 4 N–H and O–H groups in total. The van der Waals surface area contributed by atoms with Gasteiger partial charge in [-0.3, -0.25) is 0 Å². The van der Waals surface area contributed by atoms with Crippen LogP contribution in [0.4, 0.5) is 0 Å². The molecule has 1 atom stereocenters. The number of hydrogen-bond donors (Lipinski definition) is 3. The first-order valence-corrected chi connectivity index (χ1v) is 3.08. The van der Waals surface area contributed by atoms with Gasteiger partial charge in [-0.1, -0.05) is 0 Å². The highest BCUT2D eigenvalue weighted by molar-refractivity contribution is 4.54. The SMILES string of the molecule is CNN(CC(C)N)NC. The van der Waals surface area contributed by atoms with Gasteiger partial charge in [0.25, 0.3) is 0 Å². The van der Waals surface area contributed by atoms with Crippen molar-refractivity contribution in [2.45, 2.75) is 13.0 Å². The third-order valence-corrected chi connectivity index (χ3v) is 1.01. The second-order valence-corrected chi connectivity index (χ2v) is 2.04. The molecule has 0 radical (unpaired) electrons. The summed E-state index contributed by atoms with van der Waals surface area (Å²) in [6.07, 6.45) is 0. The Bertz CT molecular complexity index is 60.0. The zero-order valence-corrected chi connectivity index (χ0v) is 6.31. The maximum atomic E-state index is 5.52. The van der Waals surface area contributed by atoms with Crippen LogP contribution in [0.3, 0.4) is 0 Å². The van der Waals surface area contributed by atoms with Crippen LogP contribution in [0.25, 0.3) is 0 Å². The quantitative estimate of drug-likeness (QED) is 0.425. The summed E-state index contributed by atoms with van der Waals surface area (Å²) >= 11 is 0. The topological polar surface area (TPSA) is 53.3 Å². The molecule has 0 spiro atoms. The van der Waals surface area contributed by atoms with Gasteiger partial charge in [0.2, 0.25) is 0 Å². The van der Waals surface area contributed by atoms with Gasteiger partial charge in [-0.05, 0) is 6.92 Å². The Kier molecular flexibility index (Phi) is 4.61. The van der Waals surface area contributed by atoms with E-state index in [0.717, 1.165) is 6.54 Å². The molecule has 0 saturated heterocycles. The summed E-state index contributed by atoms with van der Waals surface area (Å²) in [5.41, 5.74) is 11.4. The van der Waals surface area contributed by atoms with Crippen LogP contribution in [0.1, 0.15) is 6.92 Å². The number of nitrogens with one attached hydrogen (secondary N) is 2. The molecule has 4 heteroatoms. The number of nitrogens with zero attached hydrogens (tertiary/aromatic N) is 1. The minimum Gasteiger partial charge on any atom is -0.327 e. The molecule has 0 amide bonds. The summed E-state index contributed by atoms with van der Waals surface area (Å²) in [4.78, 5) is 0. The monoisotopic (exact) mass is 132 g/mol. The largest absolute Gasteiger partial charge is 0.327 e. The predicted octanol–water partition coefficient (Wildman–Crippen LogP) is -1.10. The molecule has 0 saturated carbocycles. The van der Waals surface area contributed by atoms with E-state index < -0.39 is 0 Å². The molecule has 1 unspecified atom stereocenters. The van der Waals surface area contributed by atoms with Crippen LogP contribution in [-0.4, -0.2) is 31.8 Å². The Labute approximate surface area is 56.3 Å².